The van der Waals surface area contributed by atoms with Crippen LogP contribution in [-0.2, 0) is 0 Å². The van der Waals surface area contributed by atoms with Gasteiger partial charge in [0.05, 0.1) is 11.1 Å². The topological polar surface area (TPSA) is 25.2 Å². The van der Waals surface area contributed by atoms with E-state index in [1.54, 1.807) is 0 Å². The number of benzene rings is 1. The molecule has 110 valence electrons. The second-order valence-corrected chi connectivity index (χ2v) is 6.92. The number of furan rings is 1. The average Bonchev–Trinajstić information content (AvgIpc) is 2.79. The summed E-state index contributed by atoms with van der Waals surface area (Å²) < 4.78 is 6.12. The highest BCUT2D eigenvalue weighted by atomic mass is 35.5. The van der Waals surface area contributed by atoms with E-state index in [9.17, 15) is 0 Å². The molecule has 1 atom stereocenters. The van der Waals surface area contributed by atoms with Crippen LogP contribution in [0.5, 0.6) is 0 Å². The predicted molar refractivity (Wildman–Crippen MR) is 86.5 cm³/mol. The molecule has 1 heterocycles. The van der Waals surface area contributed by atoms with Crippen molar-refractivity contribution < 1.29 is 4.42 Å². The molecule has 0 amide bonds. The first kappa shape index (κ1) is 15.4. The van der Waals surface area contributed by atoms with E-state index in [0.717, 1.165) is 40.3 Å². The summed E-state index contributed by atoms with van der Waals surface area (Å²) in [6.07, 6.45) is 1.10. The van der Waals surface area contributed by atoms with Crippen molar-refractivity contribution in [3.63, 3.8) is 0 Å². The van der Waals surface area contributed by atoms with Gasteiger partial charge in [-0.15, -0.1) is 0 Å². The summed E-state index contributed by atoms with van der Waals surface area (Å²) in [4.78, 5) is 0. The van der Waals surface area contributed by atoms with Gasteiger partial charge in [-0.3, -0.25) is 0 Å². The average molecular weight is 294 g/mol. The van der Waals surface area contributed by atoms with Crippen LogP contribution < -0.4 is 5.32 Å². The van der Waals surface area contributed by atoms with Crippen molar-refractivity contribution in [2.45, 2.75) is 47.1 Å². The molecule has 0 aliphatic heterocycles. The first-order valence-electron chi connectivity index (χ1n) is 7.26. The van der Waals surface area contributed by atoms with E-state index in [1.165, 1.54) is 0 Å². The quantitative estimate of drug-likeness (QED) is 0.807. The number of hydrogen-bond donors (Lipinski definition) is 1. The van der Waals surface area contributed by atoms with Crippen LogP contribution in [0.15, 0.2) is 22.6 Å². The van der Waals surface area contributed by atoms with Crippen molar-refractivity contribution in [2.75, 3.05) is 6.54 Å². The first-order chi connectivity index (χ1) is 9.34. The van der Waals surface area contributed by atoms with Crippen LogP contribution in [0.1, 0.15) is 51.5 Å². The molecule has 0 aliphatic carbocycles. The molecule has 0 bridgehead atoms. The van der Waals surface area contributed by atoms with E-state index < -0.39 is 0 Å². The molecular weight excluding hydrogens is 270 g/mol. The zero-order chi connectivity index (χ0) is 14.9. The van der Waals surface area contributed by atoms with Crippen LogP contribution in [0.4, 0.5) is 0 Å². The Morgan fingerprint density at radius 3 is 2.55 bits per heavy atom. The minimum Gasteiger partial charge on any atom is -0.459 e. The molecular formula is C17H24ClNO. The van der Waals surface area contributed by atoms with Gasteiger partial charge in [-0.05, 0) is 43.0 Å². The predicted octanol–water partition coefficient (Wildman–Crippen LogP) is 5.48. The lowest BCUT2D eigenvalue weighted by Gasteiger charge is -2.30. The van der Waals surface area contributed by atoms with Gasteiger partial charge in [0.15, 0.2) is 0 Å². The molecule has 1 aromatic heterocycles. The minimum absolute atomic E-state index is 0.0867. The van der Waals surface area contributed by atoms with Crippen LogP contribution in [0, 0.1) is 12.3 Å². The summed E-state index contributed by atoms with van der Waals surface area (Å²) in [6, 6.07) is 6.21. The maximum absolute atomic E-state index is 6.29. The molecule has 0 spiro atoms. The summed E-state index contributed by atoms with van der Waals surface area (Å²) in [6.45, 7) is 11.9. The number of halogens is 1. The van der Waals surface area contributed by atoms with Gasteiger partial charge in [0.1, 0.15) is 11.3 Å². The third kappa shape index (κ3) is 3.02. The standard InChI is InChI=1S/C17H24ClNO/c1-6-9-19-16(17(3,4)5)14-10-12-13(18)8-7-11(2)15(12)20-14/h7-8,10,16,19H,6,9H2,1-5H3. The number of rotatable bonds is 4. The third-order valence-electron chi connectivity index (χ3n) is 3.60. The fourth-order valence-corrected chi connectivity index (χ4v) is 2.71. The highest BCUT2D eigenvalue weighted by molar-refractivity contribution is 6.35. The van der Waals surface area contributed by atoms with Gasteiger partial charge in [0, 0.05) is 5.39 Å². The Bertz CT molecular complexity index is 556. The Hall–Kier alpha value is -0.990. The van der Waals surface area contributed by atoms with E-state index >= 15 is 0 Å². The summed E-state index contributed by atoms with van der Waals surface area (Å²) in [7, 11) is 0. The van der Waals surface area contributed by atoms with Crippen molar-refractivity contribution in [2.24, 2.45) is 5.41 Å². The molecule has 0 aliphatic rings. The van der Waals surface area contributed by atoms with Crippen LogP contribution in [0.2, 0.25) is 5.02 Å². The van der Waals surface area contributed by atoms with Gasteiger partial charge in [0.2, 0.25) is 0 Å². The Labute approximate surface area is 126 Å². The SMILES string of the molecule is CCCNC(c1cc2c(Cl)ccc(C)c2o1)C(C)(C)C. The van der Waals surface area contributed by atoms with Crippen molar-refractivity contribution in [1.29, 1.82) is 0 Å². The smallest absolute Gasteiger partial charge is 0.138 e. The van der Waals surface area contributed by atoms with Crippen molar-refractivity contribution in [1.82, 2.24) is 5.32 Å². The van der Waals surface area contributed by atoms with Gasteiger partial charge >= 0.3 is 0 Å². The van der Waals surface area contributed by atoms with E-state index in [0.29, 0.717) is 0 Å². The molecule has 1 aromatic carbocycles. The van der Waals surface area contributed by atoms with E-state index in [-0.39, 0.29) is 11.5 Å². The first-order valence-corrected chi connectivity index (χ1v) is 7.64. The van der Waals surface area contributed by atoms with Gasteiger partial charge < -0.3 is 9.73 Å². The molecule has 0 saturated heterocycles. The highest BCUT2D eigenvalue weighted by Gasteiger charge is 2.29. The number of aryl methyl sites for hydroxylation is 1. The second kappa shape index (κ2) is 5.79. The number of hydrogen-bond acceptors (Lipinski definition) is 2. The summed E-state index contributed by atoms with van der Waals surface area (Å²) in [5.74, 6) is 0.970. The highest BCUT2D eigenvalue weighted by Crippen LogP contribution is 2.38. The summed E-state index contributed by atoms with van der Waals surface area (Å²) in [5.41, 5.74) is 2.11. The molecule has 1 N–H and O–H groups in total. The van der Waals surface area contributed by atoms with Crippen molar-refractivity contribution >= 4 is 22.6 Å². The number of fused-ring (bicyclic) bond motifs is 1. The van der Waals surface area contributed by atoms with Gasteiger partial charge in [-0.1, -0.05) is 45.4 Å². The zero-order valence-corrected chi connectivity index (χ0v) is 13.8. The zero-order valence-electron chi connectivity index (χ0n) is 13.0. The van der Waals surface area contributed by atoms with Crippen molar-refractivity contribution in [3.05, 3.63) is 34.5 Å². The van der Waals surface area contributed by atoms with Crippen LogP contribution in [-0.4, -0.2) is 6.54 Å². The van der Waals surface area contributed by atoms with Gasteiger partial charge in [-0.25, -0.2) is 0 Å². The molecule has 20 heavy (non-hydrogen) atoms. The summed E-state index contributed by atoms with van der Waals surface area (Å²) >= 11 is 6.29. The fourth-order valence-electron chi connectivity index (χ4n) is 2.51. The van der Waals surface area contributed by atoms with E-state index in [4.69, 9.17) is 16.0 Å². The largest absolute Gasteiger partial charge is 0.459 e. The molecule has 0 fully saturated rings. The molecule has 3 heteroatoms. The molecule has 2 nitrogen and oxygen atoms in total. The minimum atomic E-state index is 0.0867. The van der Waals surface area contributed by atoms with Crippen LogP contribution >= 0.6 is 11.6 Å². The Morgan fingerprint density at radius 2 is 2.00 bits per heavy atom. The normalized spacial score (nSPS) is 13.9. The van der Waals surface area contributed by atoms with Gasteiger partial charge in [0.25, 0.3) is 0 Å². The lowest BCUT2D eigenvalue weighted by molar-refractivity contribution is 0.241. The molecule has 1 unspecified atom stereocenters. The molecule has 0 saturated carbocycles. The third-order valence-corrected chi connectivity index (χ3v) is 3.92. The van der Waals surface area contributed by atoms with E-state index in [1.807, 2.05) is 12.1 Å². The maximum atomic E-state index is 6.29. The molecule has 0 radical (unpaired) electrons. The van der Waals surface area contributed by atoms with E-state index in [2.05, 4.69) is 46.0 Å². The molecule has 2 aromatic rings. The summed E-state index contributed by atoms with van der Waals surface area (Å²) in [5, 5.41) is 5.35. The fraction of sp³-hybridized carbons (Fsp3) is 0.529. The van der Waals surface area contributed by atoms with Crippen LogP contribution in [0.25, 0.3) is 11.0 Å². The monoisotopic (exact) mass is 293 g/mol. The maximum Gasteiger partial charge on any atom is 0.138 e. The number of nitrogens with one attached hydrogen (secondary N) is 1. The Balaban J connectivity index is 2.49. The van der Waals surface area contributed by atoms with Crippen molar-refractivity contribution in [3.8, 4) is 0 Å². The Kier molecular flexibility index (Phi) is 4.46. The van der Waals surface area contributed by atoms with Crippen LogP contribution in [0.3, 0.4) is 0 Å². The lowest BCUT2D eigenvalue weighted by Crippen LogP contribution is -2.32. The lowest BCUT2D eigenvalue weighted by atomic mass is 9.85. The Morgan fingerprint density at radius 1 is 1.30 bits per heavy atom. The second-order valence-electron chi connectivity index (χ2n) is 6.51. The van der Waals surface area contributed by atoms with Gasteiger partial charge in [-0.2, -0.15) is 0 Å². The molecule has 2 rings (SSSR count).